The van der Waals surface area contributed by atoms with Crippen molar-refractivity contribution in [1.82, 2.24) is 9.88 Å². The lowest BCUT2D eigenvalue weighted by molar-refractivity contribution is 0.266. The molecule has 5 nitrogen and oxygen atoms in total. The smallest absolute Gasteiger partial charge is 0.235 e. The summed E-state index contributed by atoms with van der Waals surface area (Å²) in [6, 6.07) is 16.4. The van der Waals surface area contributed by atoms with Crippen LogP contribution in [0.25, 0.3) is 22.2 Å². The molecule has 1 aliphatic rings. The van der Waals surface area contributed by atoms with Crippen molar-refractivity contribution in [3.8, 4) is 17.5 Å². The highest BCUT2D eigenvalue weighted by atomic mass is 16.4. The standard InChI is InChI=1S/C20H20N4O/c1-2-23-10-12-24(13-11-23)20-18(14-21)22-19(25-20)17-9-5-7-15-6-3-4-8-16(15)17/h3-9H,2,10-13H2,1H3. The molecule has 1 saturated heterocycles. The van der Waals surface area contributed by atoms with Crippen LogP contribution in [-0.2, 0) is 0 Å². The molecule has 0 aliphatic carbocycles. The molecule has 2 heterocycles. The molecule has 1 aliphatic heterocycles. The zero-order valence-corrected chi connectivity index (χ0v) is 14.3. The number of anilines is 1. The van der Waals surface area contributed by atoms with Crippen molar-refractivity contribution in [1.29, 1.82) is 5.26 Å². The van der Waals surface area contributed by atoms with Gasteiger partial charge in [-0.1, -0.05) is 43.3 Å². The Balaban J connectivity index is 1.73. The average Bonchev–Trinajstić information content (AvgIpc) is 3.12. The van der Waals surface area contributed by atoms with E-state index in [1.165, 1.54) is 0 Å². The molecule has 0 spiro atoms. The van der Waals surface area contributed by atoms with Crippen LogP contribution in [-0.4, -0.2) is 42.6 Å². The molecule has 0 bridgehead atoms. The fourth-order valence-electron chi connectivity index (χ4n) is 3.39. The minimum Gasteiger partial charge on any atom is -0.419 e. The lowest BCUT2D eigenvalue weighted by atomic mass is 10.0. The van der Waals surface area contributed by atoms with E-state index in [2.05, 4.69) is 46.0 Å². The Labute approximate surface area is 147 Å². The van der Waals surface area contributed by atoms with E-state index in [9.17, 15) is 5.26 Å². The van der Waals surface area contributed by atoms with Gasteiger partial charge in [-0.25, -0.2) is 0 Å². The lowest BCUT2D eigenvalue weighted by Gasteiger charge is -2.33. The second-order valence-corrected chi connectivity index (χ2v) is 6.23. The van der Waals surface area contributed by atoms with Gasteiger partial charge in [-0.2, -0.15) is 10.2 Å². The number of likely N-dealkylation sites (N-methyl/N-ethyl adjacent to an activating group) is 1. The highest BCUT2D eigenvalue weighted by molar-refractivity contribution is 5.94. The van der Waals surface area contributed by atoms with E-state index >= 15 is 0 Å². The maximum Gasteiger partial charge on any atom is 0.235 e. The maximum absolute atomic E-state index is 9.51. The number of benzene rings is 2. The van der Waals surface area contributed by atoms with E-state index in [-0.39, 0.29) is 0 Å². The Hall–Kier alpha value is -2.84. The first-order valence-electron chi connectivity index (χ1n) is 8.66. The Kier molecular flexibility index (Phi) is 4.12. The van der Waals surface area contributed by atoms with Crippen molar-refractivity contribution < 1.29 is 4.42 Å². The van der Waals surface area contributed by atoms with Crippen LogP contribution in [0.15, 0.2) is 46.9 Å². The Morgan fingerprint density at radius 2 is 1.84 bits per heavy atom. The third-order valence-electron chi connectivity index (χ3n) is 4.84. The number of hydrogen-bond donors (Lipinski definition) is 0. The van der Waals surface area contributed by atoms with Gasteiger partial charge in [0.25, 0.3) is 0 Å². The van der Waals surface area contributed by atoms with E-state index in [0.29, 0.717) is 17.5 Å². The summed E-state index contributed by atoms with van der Waals surface area (Å²) in [6.45, 7) is 6.89. The monoisotopic (exact) mass is 332 g/mol. The summed E-state index contributed by atoms with van der Waals surface area (Å²) in [4.78, 5) is 9.01. The van der Waals surface area contributed by atoms with Gasteiger partial charge in [0.05, 0.1) is 0 Å². The molecule has 0 saturated carbocycles. The predicted octanol–water partition coefficient (Wildman–Crippen LogP) is 3.51. The normalized spacial score (nSPS) is 15.4. The Morgan fingerprint density at radius 3 is 2.60 bits per heavy atom. The molecule has 2 aromatic carbocycles. The third-order valence-corrected chi connectivity index (χ3v) is 4.84. The first-order valence-corrected chi connectivity index (χ1v) is 8.66. The van der Waals surface area contributed by atoms with Gasteiger partial charge >= 0.3 is 0 Å². The van der Waals surface area contributed by atoms with Gasteiger partial charge in [0.15, 0.2) is 0 Å². The van der Waals surface area contributed by atoms with Crippen molar-refractivity contribution in [2.45, 2.75) is 6.92 Å². The number of nitriles is 1. The molecule has 0 N–H and O–H groups in total. The Bertz CT molecular complexity index is 927. The number of hydrogen-bond acceptors (Lipinski definition) is 5. The summed E-state index contributed by atoms with van der Waals surface area (Å²) in [7, 11) is 0. The van der Waals surface area contributed by atoms with Gasteiger partial charge in [-0.15, -0.1) is 0 Å². The van der Waals surface area contributed by atoms with Crippen LogP contribution in [0.2, 0.25) is 0 Å². The molecular weight excluding hydrogens is 312 g/mol. The fraction of sp³-hybridized carbons (Fsp3) is 0.300. The van der Waals surface area contributed by atoms with Gasteiger partial charge in [0.1, 0.15) is 6.07 Å². The van der Waals surface area contributed by atoms with Crippen LogP contribution in [0.4, 0.5) is 5.88 Å². The van der Waals surface area contributed by atoms with Crippen molar-refractivity contribution in [3.63, 3.8) is 0 Å². The minimum absolute atomic E-state index is 0.368. The van der Waals surface area contributed by atoms with Gasteiger partial charge in [0.2, 0.25) is 17.5 Å². The lowest BCUT2D eigenvalue weighted by Crippen LogP contribution is -2.46. The zero-order chi connectivity index (χ0) is 17.2. The van der Waals surface area contributed by atoms with Crippen LogP contribution in [0, 0.1) is 11.3 Å². The zero-order valence-electron chi connectivity index (χ0n) is 14.3. The van der Waals surface area contributed by atoms with Crippen LogP contribution >= 0.6 is 0 Å². The fourth-order valence-corrected chi connectivity index (χ4v) is 3.39. The van der Waals surface area contributed by atoms with Crippen LogP contribution in [0.1, 0.15) is 12.6 Å². The molecule has 1 aromatic heterocycles. The number of aromatic nitrogens is 1. The summed E-state index contributed by atoms with van der Waals surface area (Å²) in [6.07, 6.45) is 0. The molecule has 1 fully saturated rings. The number of rotatable bonds is 3. The second kappa shape index (κ2) is 6.58. The van der Waals surface area contributed by atoms with E-state index in [0.717, 1.165) is 49.1 Å². The molecule has 0 atom stereocenters. The molecule has 0 unspecified atom stereocenters. The molecule has 25 heavy (non-hydrogen) atoms. The molecule has 3 aromatic rings. The van der Waals surface area contributed by atoms with Gasteiger partial charge in [0, 0.05) is 31.7 Å². The summed E-state index contributed by atoms with van der Waals surface area (Å²) < 4.78 is 6.08. The van der Waals surface area contributed by atoms with E-state index in [1.807, 2.05) is 24.3 Å². The van der Waals surface area contributed by atoms with Crippen molar-refractivity contribution >= 4 is 16.7 Å². The van der Waals surface area contributed by atoms with Crippen LogP contribution in [0.5, 0.6) is 0 Å². The number of piperazine rings is 1. The SMILES string of the molecule is CCN1CCN(c2oc(-c3cccc4ccccc34)nc2C#N)CC1. The summed E-state index contributed by atoms with van der Waals surface area (Å²) in [5, 5.41) is 11.7. The molecular formula is C20H20N4O. The molecule has 4 rings (SSSR count). The number of fused-ring (bicyclic) bond motifs is 1. The van der Waals surface area contributed by atoms with Crippen LogP contribution in [0.3, 0.4) is 0 Å². The largest absolute Gasteiger partial charge is 0.419 e. The first kappa shape index (κ1) is 15.7. The van der Waals surface area contributed by atoms with E-state index < -0.39 is 0 Å². The van der Waals surface area contributed by atoms with E-state index in [1.54, 1.807) is 0 Å². The number of nitrogens with zero attached hydrogens (tertiary/aromatic N) is 4. The molecule has 0 amide bonds. The van der Waals surface area contributed by atoms with Crippen molar-refractivity contribution in [2.24, 2.45) is 0 Å². The topological polar surface area (TPSA) is 56.3 Å². The van der Waals surface area contributed by atoms with Gasteiger partial charge < -0.3 is 14.2 Å². The highest BCUT2D eigenvalue weighted by Gasteiger charge is 2.24. The quantitative estimate of drug-likeness (QED) is 0.734. The molecule has 5 heteroatoms. The van der Waals surface area contributed by atoms with Crippen molar-refractivity contribution in [3.05, 3.63) is 48.2 Å². The first-order chi connectivity index (χ1) is 12.3. The van der Waals surface area contributed by atoms with Gasteiger partial charge in [-0.3, -0.25) is 0 Å². The highest BCUT2D eigenvalue weighted by Crippen LogP contribution is 2.32. The maximum atomic E-state index is 9.51. The predicted molar refractivity (Wildman–Crippen MR) is 98.5 cm³/mol. The summed E-state index contributed by atoms with van der Waals surface area (Å²) >= 11 is 0. The van der Waals surface area contributed by atoms with Gasteiger partial charge in [-0.05, 0) is 23.4 Å². The third kappa shape index (κ3) is 2.86. The Morgan fingerprint density at radius 1 is 1.08 bits per heavy atom. The second-order valence-electron chi connectivity index (χ2n) is 6.23. The van der Waals surface area contributed by atoms with Crippen LogP contribution < -0.4 is 4.90 Å². The molecule has 126 valence electrons. The summed E-state index contributed by atoms with van der Waals surface area (Å²) in [5.74, 6) is 1.11. The average molecular weight is 332 g/mol. The van der Waals surface area contributed by atoms with E-state index in [4.69, 9.17) is 4.42 Å². The minimum atomic E-state index is 0.368. The molecule has 0 radical (unpaired) electrons. The summed E-state index contributed by atoms with van der Waals surface area (Å²) in [5.41, 5.74) is 1.29. The number of oxazole rings is 1. The van der Waals surface area contributed by atoms with Crippen molar-refractivity contribution in [2.75, 3.05) is 37.6 Å².